The molecule has 6 fully saturated rings. The zero-order valence-electron chi connectivity index (χ0n) is 22.6. The van der Waals surface area contributed by atoms with Crippen LogP contribution in [0.15, 0.2) is 27.6 Å². The van der Waals surface area contributed by atoms with E-state index in [2.05, 4.69) is 6.92 Å². The van der Waals surface area contributed by atoms with Gasteiger partial charge in [-0.25, -0.2) is 4.79 Å². The summed E-state index contributed by atoms with van der Waals surface area (Å²) >= 11 is 0. The predicted molar refractivity (Wildman–Crippen MR) is 136 cm³/mol. The van der Waals surface area contributed by atoms with E-state index in [4.69, 9.17) is 18.6 Å². The van der Waals surface area contributed by atoms with Crippen molar-refractivity contribution in [2.75, 3.05) is 6.61 Å². The Hall–Kier alpha value is -1.41. The van der Waals surface area contributed by atoms with Crippen molar-refractivity contribution in [1.82, 2.24) is 0 Å². The largest absolute Gasteiger partial charge is 0.431 e. The van der Waals surface area contributed by atoms with E-state index in [1.165, 1.54) is 12.3 Å². The van der Waals surface area contributed by atoms with E-state index in [0.29, 0.717) is 44.9 Å². The molecule has 2 saturated heterocycles. The molecule has 1 aromatic rings. The second kappa shape index (κ2) is 9.05. The number of aliphatic hydroxyl groups excluding tert-OH is 4. The van der Waals surface area contributed by atoms with Crippen molar-refractivity contribution in [3.63, 3.8) is 0 Å². The second-order valence-corrected chi connectivity index (χ2v) is 13.4. The third kappa shape index (κ3) is 3.47. The average molecular weight is 565 g/mol. The van der Waals surface area contributed by atoms with E-state index in [0.717, 1.165) is 12.0 Å². The van der Waals surface area contributed by atoms with Crippen LogP contribution in [0.1, 0.15) is 69.8 Å². The molecule has 0 unspecified atom stereocenters. The molecule has 0 aromatic carbocycles. The molecule has 6 aliphatic rings. The lowest BCUT2D eigenvalue weighted by atomic mass is 9.45. The van der Waals surface area contributed by atoms with Gasteiger partial charge in [-0.1, -0.05) is 6.92 Å². The maximum atomic E-state index is 12.7. The zero-order valence-corrected chi connectivity index (χ0v) is 22.6. The smallest absolute Gasteiger partial charge is 0.335 e. The summed E-state index contributed by atoms with van der Waals surface area (Å²) in [5.41, 5.74) is -3.66. The Kier molecular flexibility index (Phi) is 6.20. The standard InChI is InChI=1S/C29H40O11/c1-26-8-4-17-16(27(26,35)9-5-15(26)14-2-3-20(31)37-13-14)6-11-29(24-18(38-24)7-10-28(17,29)36)40-25-23(34)22(33)21(32)19(12-30)39-25/h2-3,13,15-19,21-25,30,32-36H,4-12H2,1H3/t15-,16+,17+,18+,19-,21-,22+,23-,24+,25+,26-,27+,28+,29+/m1/s1. The molecule has 40 heavy (non-hydrogen) atoms. The number of fused-ring (bicyclic) bond motifs is 7. The number of epoxide rings is 1. The number of rotatable bonds is 4. The lowest BCUT2D eigenvalue weighted by molar-refractivity contribution is -0.372. The fraction of sp³-hybridized carbons (Fsp3) is 0.828. The minimum absolute atomic E-state index is 0.0111. The number of hydrogen-bond acceptors (Lipinski definition) is 11. The van der Waals surface area contributed by atoms with Gasteiger partial charge in [0, 0.05) is 11.5 Å². The fourth-order valence-electron chi connectivity index (χ4n) is 9.79. The van der Waals surface area contributed by atoms with Crippen LogP contribution in [0.3, 0.4) is 0 Å². The van der Waals surface area contributed by atoms with Gasteiger partial charge in [-0.15, -0.1) is 0 Å². The molecular formula is C29H40O11. The first kappa shape index (κ1) is 27.4. The molecule has 1 aromatic heterocycles. The van der Waals surface area contributed by atoms with Crippen molar-refractivity contribution in [2.45, 2.75) is 124 Å². The van der Waals surface area contributed by atoms with Crippen LogP contribution < -0.4 is 5.63 Å². The van der Waals surface area contributed by atoms with Crippen LogP contribution in [-0.2, 0) is 14.2 Å². The van der Waals surface area contributed by atoms with Gasteiger partial charge in [0.1, 0.15) is 36.1 Å². The normalized spacial score (nSPS) is 55.1. The van der Waals surface area contributed by atoms with Crippen molar-refractivity contribution in [3.8, 4) is 0 Å². The quantitative estimate of drug-likeness (QED) is 0.213. The average Bonchev–Trinajstić information content (AvgIpc) is 3.68. The molecule has 7 rings (SSSR count). The van der Waals surface area contributed by atoms with E-state index in [1.54, 1.807) is 6.07 Å². The second-order valence-electron chi connectivity index (χ2n) is 13.4. The van der Waals surface area contributed by atoms with E-state index >= 15 is 0 Å². The number of aliphatic hydroxyl groups is 6. The Morgan fingerprint density at radius 1 is 0.900 bits per heavy atom. The zero-order chi connectivity index (χ0) is 28.2. The lowest BCUT2D eigenvalue weighted by Gasteiger charge is -2.65. The van der Waals surface area contributed by atoms with E-state index in [9.17, 15) is 35.4 Å². The van der Waals surface area contributed by atoms with Crippen LogP contribution in [0.4, 0.5) is 0 Å². The Morgan fingerprint density at radius 3 is 2.35 bits per heavy atom. The van der Waals surface area contributed by atoms with Crippen LogP contribution in [0.2, 0.25) is 0 Å². The predicted octanol–water partition coefficient (Wildman–Crippen LogP) is -0.0778. The van der Waals surface area contributed by atoms with Gasteiger partial charge < -0.3 is 49.3 Å². The Bertz CT molecular complexity index is 1180. The SMILES string of the molecule is C[C@]12CC[C@H]3[C@H](CC[C@]4(O[C@@H]5O[C@H](CO)[C@@H](O)[C@H](O)[C@H]5O)[C@H]5O[C@H]5CC[C@]34O)[C@@]1(O)CC[C@@H]2c1ccc(=O)oc1. The number of ether oxygens (including phenoxy) is 3. The van der Waals surface area contributed by atoms with Crippen molar-refractivity contribution >= 4 is 0 Å². The molecule has 14 atom stereocenters. The highest BCUT2D eigenvalue weighted by molar-refractivity contribution is 5.30. The van der Waals surface area contributed by atoms with Gasteiger partial charge >= 0.3 is 5.63 Å². The topological polar surface area (TPSA) is 183 Å². The monoisotopic (exact) mass is 564 g/mol. The molecule has 0 radical (unpaired) electrons. The fourth-order valence-corrected chi connectivity index (χ4v) is 9.79. The van der Waals surface area contributed by atoms with Crippen LogP contribution >= 0.6 is 0 Å². The van der Waals surface area contributed by atoms with Gasteiger partial charge in [0.25, 0.3) is 0 Å². The van der Waals surface area contributed by atoms with Gasteiger partial charge in [0.05, 0.1) is 30.2 Å². The highest BCUT2D eigenvalue weighted by atomic mass is 16.7. The van der Waals surface area contributed by atoms with Crippen LogP contribution in [0.25, 0.3) is 0 Å². The molecule has 2 aliphatic heterocycles. The summed E-state index contributed by atoms with van der Waals surface area (Å²) in [5.74, 6) is -0.502. The molecule has 222 valence electrons. The van der Waals surface area contributed by atoms with Gasteiger partial charge in [0.15, 0.2) is 6.29 Å². The molecule has 0 spiro atoms. The molecule has 4 saturated carbocycles. The molecule has 4 aliphatic carbocycles. The highest BCUT2D eigenvalue weighted by Gasteiger charge is 2.77. The van der Waals surface area contributed by atoms with Gasteiger partial charge in [0.2, 0.25) is 0 Å². The minimum Gasteiger partial charge on any atom is -0.431 e. The summed E-state index contributed by atoms with van der Waals surface area (Å²) in [6.45, 7) is 1.54. The summed E-state index contributed by atoms with van der Waals surface area (Å²) < 4.78 is 23.4. The Balaban J connectivity index is 1.21. The highest BCUT2D eigenvalue weighted by Crippen LogP contribution is 2.71. The molecule has 11 nitrogen and oxygen atoms in total. The van der Waals surface area contributed by atoms with Gasteiger partial charge in [-0.3, -0.25) is 0 Å². The third-order valence-corrected chi connectivity index (χ3v) is 12.0. The van der Waals surface area contributed by atoms with Crippen LogP contribution in [-0.4, -0.2) is 97.0 Å². The molecular weight excluding hydrogens is 524 g/mol. The van der Waals surface area contributed by atoms with Crippen LogP contribution in [0, 0.1) is 17.3 Å². The maximum absolute atomic E-state index is 12.7. The summed E-state index contributed by atoms with van der Waals surface area (Å²) in [5, 5.41) is 66.3. The summed E-state index contributed by atoms with van der Waals surface area (Å²) in [7, 11) is 0. The van der Waals surface area contributed by atoms with Crippen molar-refractivity contribution in [1.29, 1.82) is 0 Å². The molecule has 6 N–H and O–H groups in total. The van der Waals surface area contributed by atoms with Gasteiger partial charge in [-0.2, -0.15) is 0 Å². The number of hydrogen-bond donors (Lipinski definition) is 6. The van der Waals surface area contributed by atoms with Gasteiger partial charge in [-0.05, 0) is 80.8 Å². The Morgan fingerprint density at radius 2 is 1.62 bits per heavy atom. The summed E-state index contributed by atoms with van der Waals surface area (Å²) in [6, 6.07) is 3.21. The molecule has 0 bridgehead atoms. The molecule has 3 heterocycles. The summed E-state index contributed by atoms with van der Waals surface area (Å²) in [6.07, 6.45) is -1.67. The Labute approximate surface area is 231 Å². The first-order valence-electron chi connectivity index (χ1n) is 14.7. The molecule has 11 heteroatoms. The maximum Gasteiger partial charge on any atom is 0.335 e. The van der Waals surface area contributed by atoms with Crippen molar-refractivity contribution in [3.05, 3.63) is 34.4 Å². The first-order chi connectivity index (χ1) is 19.0. The van der Waals surface area contributed by atoms with E-state index in [-0.39, 0.29) is 23.9 Å². The summed E-state index contributed by atoms with van der Waals surface area (Å²) in [4.78, 5) is 11.6. The minimum atomic E-state index is -1.59. The van der Waals surface area contributed by atoms with E-state index < -0.39 is 71.3 Å². The van der Waals surface area contributed by atoms with Crippen molar-refractivity contribution in [2.24, 2.45) is 17.3 Å². The van der Waals surface area contributed by atoms with Crippen LogP contribution in [0.5, 0.6) is 0 Å². The van der Waals surface area contributed by atoms with Crippen molar-refractivity contribution < 1.29 is 49.3 Å². The first-order valence-corrected chi connectivity index (χ1v) is 14.7. The third-order valence-electron chi connectivity index (χ3n) is 12.0. The van der Waals surface area contributed by atoms with E-state index in [1.807, 2.05) is 0 Å². The lowest BCUT2D eigenvalue weighted by Crippen LogP contribution is -2.75. The molecule has 0 amide bonds.